The Bertz CT molecular complexity index is 1210. The molecule has 0 unspecified atom stereocenters. The maximum absolute atomic E-state index is 13.2. The summed E-state index contributed by atoms with van der Waals surface area (Å²) in [6.07, 6.45) is 0.703. The zero-order valence-corrected chi connectivity index (χ0v) is 19.9. The highest BCUT2D eigenvalue weighted by molar-refractivity contribution is 7.89. The van der Waals surface area contributed by atoms with Gasteiger partial charge in [-0.05, 0) is 37.1 Å². The molecule has 1 fully saturated rings. The van der Waals surface area contributed by atoms with Gasteiger partial charge in [-0.25, -0.2) is 8.42 Å². The summed E-state index contributed by atoms with van der Waals surface area (Å²) in [4.78, 5) is 24.0. The van der Waals surface area contributed by atoms with E-state index in [4.69, 9.17) is 32.7 Å². The van der Waals surface area contributed by atoms with E-state index in [0.717, 1.165) is 0 Å². The number of carbonyl (C=O) groups is 2. The normalized spacial score (nSPS) is 17.0. The first-order valence-electron chi connectivity index (χ1n) is 10.1. The third-order valence-electron chi connectivity index (χ3n) is 5.53. The molecule has 0 atom stereocenters. The van der Waals surface area contributed by atoms with Crippen molar-refractivity contribution >= 4 is 56.4 Å². The lowest BCUT2D eigenvalue weighted by atomic mass is 9.97. The molecule has 0 spiro atoms. The molecule has 2 aromatic rings. The number of benzene rings is 2. The zero-order chi connectivity index (χ0) is 23.8. The predicted octanol–water partition coefficient (Wildman–Crippen LogP) is 3.37. The van der Waals surface area contributed by atoms with E-state index in [1.807, 2.05) is 0 Å². The van der Waals surface area contributed by atoms with E-state index in [2.05, 4.69) is 10.6 Å². The SMILES string of the molecule is COc1ccc(NC(=O)C2CCN(S(=O)(=O)c3cc4c(cc3Cl)NC(=O)CO4)CC2)cc1Cl. The number of ether oxygens (including phenoxy) is 2. The zero-order valence-electron chi connectivity index (χ0n) is 17.6. The summed E-state index contributed by atoms with van der Waals surface area (Å²) in [5.41, 5.74) is 0.859. The molecule has 0 radical (unpaired) electrons. The quantitative estimate of drug-likeness (QED) is 0.633. The van der Waals surface area contributed by atoms with Gasteiger partial charge in [-0.2, -0.15) is 4.31 Å². The van der Waals surface area contributed by atoms with E-state index in [-0.39, 0.29) is 53.1 Å². The molecule has 33 heavy (non-hydrogen) atoms. The van der Waals surface area contributed by atoms with Crippen molar-refractivity contribution in [2.45, 2.75) is 17.7 Å². The average molecular weight is 514 g/mol. The summed E-state index contributed by atoms with van der Waals surface area (Å²) in [6.45, 7) is 0.123. The number of nitrogens with one attached hydrogen (secondary N) is 2. The van der Waals surface area contributed by atoms with Gasteiger partial charge in [0.15, 0.2) is 6.61 Å². The van der Waals surface area contributed by atoms with Crippen LogP contribution in [0.15, 0.2) is 35.2 Å². The lowest BCUT2D eigenvalue weighted by Gasteiger charge is -2.31. The van der Waals surface area contributed by atoms with Gasteiger partial charge in [-0.3, -0.25) is 9.59 Å². The fraction of sp³-hybridized carbons (Fsp3) is 0.333. The lowest BCUT2D eigenvalue weighted by molar-refractivity contribution is -0.121. The van der Waals surface area contributed by atoms with Gasteiger partial charge in [-0.15, -0.1) is 0 Å². The van der Waals surface area contributed by atoms with Crippen molar-refractivity contribution in [3.63, 3.8) is 0 Å². The molecule has 12 heteroatoms. The maximum atomic E-state index is 13.2. The second-order valence-corrected chi connectivity index (χ2v) is 10.4. The third-order valence-corrected chi connectivity index (χ3v) is 8.19. The van der Waals surface area contributed by atoms with Crippen molar-refractivity contribution in [1.82, 2.24) is 4.31 Å². The van der Waals surface area contributed by atoms with Crippen LogP contribution in [-0.4, -0.2) is 51.3 Å². The van der Waals surface area contributed by atoms with Crippen molar-refractivity contribution in [3.05, 3.63) is 40.4 Å². The molecule has 0 aliphatic carbocycles. The van der Waals surface area contributed by atoms with Crippen LogP contribution in [0, 0.1) is 5.92 Å². The van der Waals surface area contributed by atoms with Crippen LogP contribution in [-0.2, 0) is 19.6 Å². The highest BCUT2D eigenvalue weighted by atomic mass is 35.5. The number of amides is 2. The second kappa shape index (κ2) is 9.38. The monoisotopic (exact) mass is 513 g/mol. The first kappa shape index (κ1) is 23.6. The molecule has 2 amide bonds. The number of sulfonamides is 1. The standard InChI is InChI=1S/C21H21Cl2N3O6S/c1-31-17-3-2-13(8-14(17)22)24-21(28)12-4-6-26(7-5-12)33(29,30)19-10-18-16(9-15(19)23)25-20(27)11-32-18/h2-3,8-10,12H,4-7,11H2,1H3,(H,24,28)(H,25,27). The Labute approximate surface area is 201 Å². The second-order valence-electron chi connectivity index (χ2n) is 7.63. The van der Waals surface area contributed by atoms with E-state index < -0.39 is 10.0 Å². The van der Waals surface area contributed by atoms with Crippen LogP contribution in [0.25, 0.3) is 0 Å². The summed E-state index contributed by atoms with van der Waals surface area (Å²) in [7, 11) is -2.41. The number of hydrogen-bond donors (Lipinski definition) is 2. The molecule has 2 N–H and O–H groups in total. The van der Waals surface area contributed by atoms with E-state index in [1.54, 1.807) is 18.2 Å². The Kier molecular flexibility index (Phi) is 6.71. The molecule has 0 bridgehead atoms. The van der Waals surface area contributed by atoms with Gasteiger partial charge in [0.1, 0.15) is 16.4 Å². The lowest BCUT2D eigenvalue weighted by Crippen LogP contribution is -2.41. The third kappa shape index (κ3) is 4.89. The van der Waals surface area contributed by atoms with Crippen molar-refractivity contribution in [1.29, 1.82) is 0 Å². The van der Waals surface area contributed by atoms with Crippen LogP contribution >= 0.6 is 23.2 Å². The van der Waals surface area contributed by atoms with Crippen molar-refractivity contribution in [2.75, 3.05) is 37.4 Å². The van der Waals surface area contributed by atoms with Crippen molar-refractivity contribution < 1.29 is 27.5 Å². The number of fused-ring (bicyclic) bond motifs is 1. The number of carbonyl (C=O) groups excluding carboxylic acids is 2. The molecule has 0 saturated carbocycles. The topological polar surface area (TPSA) is 114 Å². The minimum Gasteiger partial charge on any atom is -0.495 e. The highest BCUT2D eigenvalue weighted by Crippen LogP contribution is 2.37. The molecular weight excluding hydrogens is 493 g/mol. The average Bonchev–Trinajstić information content (AvgIpc) is 2.78. The van der Waals surface area contributed by atoms with Crippen LogP contribution in [0.4, 0.5) is 11.4 Å². The van der Waals surface area contributed by atoms with Gasteiger partial charge in [0.25, 0.3) is 5.91 Å². The van der Waals surface area contributed by atoms with Crippen LogP contribution in [0.1, 0.15) is 12.8 Å². The maximum Gasteiger partial charge on any atom is 0.262 e. The molecule has 176 valence electrons. The summed E-state index contributed by atoms with van der Waals surface area (Å²) >= 11 is 12.3. The van der Waals surface area contributed by atoms with E-state index in [0.29, 0.717) is 35.0 Å². The van der Waals surface area contributed by atoms with E-state index in [1.165, 1.54) is 23.5 Å². The molecule has 4 rings (SSSR count). The van der Waals surface area contributed by atoms with Gasteiger partial charge in [0, 0.05) is 30.8 Å². The fourth-order valence-corrected chi connectivity index (χ4v) is 6.01. The summed E-state index contributed by atoms with van der Waals surface area (Å²) in [6, 6.07) is 7.62. The van der Waals surface area contributed by atoms with Crippen LogP contribution < -0.4 is 20.1 Å². The Hall–Kier alpha value is -2.53. The van der Waals surface area contributed by atoms with Gasteiger partial charge >= 0.3 is 0 Å². The largest absolute Gasteiger partial charge is 0.495 e. The molecule has 2 aromatic carbocycles. The Balaban J connectivity index is 1.42. The Morgan fingerprint density at radius 2 is 1.91 bits per heavy atom. The van der Waals surface area contributed by atoms with E-state index >= 15 is 0 Å². The molecule has 9 nitrogen and oxygen atoms in total. The van der Waals surface area contributed by atoms with Gasteiger partial charge in [-0.1, -0.05) is 23.2 Å². The molecule has 2 heterocycles. The fourth-order valence-electron chi connectivity index (χ4n) is 3.76. The van der Waals surface area contributed by atoms with Gasteiger partial charge in [0.05, 0.1) is 22.8 Å². The summed E-state index contributed by atoms with van der Waals surface area (Å²) in [5.74, 6) is -0.155. The molecule has 1 saturated heterocycles. The number of nitrogens with zero attached hydrogens (tertiary/aromatic N) is 1. The smallest absolute Gasteiger partial charge is 0.262 e. The molecule has 2 aliphatic heterocycles. The Morgan fingerprint density at radius 3 is 2.58 bits per heavy atom. The number of hydrogen-bond acceptors (Lipinski definition) is 6. The number of halogens is 2. The van der Waals surface area contributed by atoms with Crippen LogP contribution in [0.2, 0.25) is 10.0 Å². The number of piperidine rings is 1. The number of anilines is 2. The first-order valence-corrected chi connectivity index (χ1v) is 12.3. The number of rotatable bonds is 5. The molecule has 2 aliphatic rings. The van der Waals surface area contributed by atoms with Crippen molar-refractivity contribution in [2.24, 2.45) is 5.92 Å². The van der Waals surface area contributed by atoms with Gasteiger partial charge < -0.3 is 20.1 Å². The van der Waals surface area contributed by atoms with Crippen LogP contribution in [0.3, 0.4) is 0 Å². The molecular formula is C21H21Cl2N3O6S. The Morgan fingerprint density at radius 1 is 1.18 bits per heavy atom. The van der Waals surface area contributed by atoms with E-state index in [9.17, 15) is 18.0 Å². The summed E-state index contributed by atoms with van der Waals surface area (Å²) < 4.78 is 38.1. The molecule has 0 aromatic heterocycles. The van der Waals surface area contributed by atoms with Gasteiger partial charge in [0.2, 0.25) is 15.9 Å². The summed E-state index contributed by atoms with van der Waals surface area (Å²) in [5, 5.41) is 5.77. The van der Waals surface area contributed by atoms with Crippen molar-refractivity contribution in [3.8, 4) is 11.5 Å². The predicted molar refractivity (Wildman–Crippen MR) is 124 cm³/mol. The minimum absolute atomic E-state index is 0.0178. The van der Waals surface area contributed by atoms with Crippen LogP contribution in [0.5, 0.6) is 11.5 Å². The first-order chi connectivity index (χ1) is 15.7. The highest BCUT2D eigenvalue weighted by Gasteiger charge is 2.34. The minimum atomic E-state index is -3.92. The number of methoxy groups -OCH3 is 1.